The van der Waals surface area contributed by atoms with Gasteiger partial charge in [0.05, 0.1) is 11.3 Å². The van der Waals surface area contributed by atoms with E-state index in [0.29, 0.717) is 5.82 Å². The highest BCUT2D eigenvalue weighted by atomic mass is 15.1. The molecule has 0 spiro atoms. The fraction of sp³-hybridized carbons (Fsp3) is 0.115. The van der Waals surface area contributed by atoms with E-state index in [-0.39, 0.29) is 0 Å². The van der Waals surface area contributed by atoms with Gasteiger partial charge in [-0.25, -0.2) is 15.0 Å². The monoisotopic (exact) mass is 407 g/mol. The summed E-state index contributed by atoms with van der Waals surface area (Å²) in [6, 6.07) is 26.3. The average molecular weight is 408 g/mol. The van der Waals surface area contributed by atoms with E-state index in [0.717, 1.165) is 39.5 Å². The molecule has 0 radical (unpaired) electrons. The van der Waals surface area contributed by atoms with Crippen molar-refractivity contribution in [3.05, 3.63) is 90.6 Å². The SMILES string of the molecule is CC.Cc1ccc(-n2c(-c3cccnc3N)nc3ccc(-c4ccccc4)nc32)cc1. The molecular formula is C26H25N5. The Morgan fingerprint density at radius 2 is 1.52 bits per heavy atom. The van der Waals surface area contributed by atoms with Crippen LogP contribution in [0.25, 0.3) is 39.5 Å². The number of fused-ring (bicyclic) bond motifs is 1. The second kappa shape index (κ2) is 8.79. The number of nitrogens with zero attached hydrogens (tertiary/aromatic N) is 4. The van der Waals surface area contributed by atoms with Gasteiger partial charge in [-0.05, 0) is 43.3 Å². The zero-order chi connectivity index (χ0) is 21.8. The number of hydrogen-bond acceptors (Lipinski definition) is 4. The number of nitrogens with two attached hydrogens (primary N) is 1. The molecule has 0 aliphatic carbocycles. The van der Waals surface area contributed by atoms with E-state index < -0.39 is 0 Å². The molecule has 0 fully saturated rings. The third-order valence-electron chi connectivity index (χ3n) is 4.95. The van der Waals surface area contributed by atoms with Crippen molar-refractivity contribution in [2.75, 3.05) is 5.73 Å². The van der Waals surface area contributed by atoms with Gasteiger partial charge in [-0.15, -0.1) is 0 Å². The van der Waals surface area contributed by atoms with Crippen molar-refractivity contribution >= 4 is 17.0 Å². The first kappa shape index (κ1) is 20.3. The van der Waals surface area contributed by atoms with Crippen LogP contribution in [-0.2, 0) is 0 Å². The number of imidazole rings is 1. The quantitative estimate of drug-likeness (QED) is 0.394. The van der Waals surface area contributed by atoms with Gasteiger partial charge >= 0.3 is 0 Å². The molecule has 5 rings (SSSR count). The summed E-state index contributed by atoms with van der Waals surface area (Å²) in [4.78, 5) is 14.1. The lowest BCUT2D eigenvalue weighted by Gasteiger charge is -2.11. The highest BCUT2D eigenvalue weighted by Gasteiger charge is 2.18. The number of hydrogen-bond donors (Lipinski definition) is 1. The summed E-state index contributed by atoms with van der Waals surface area (Å²) in [6.45, 7) is 6.07. The summed E-state index contributed by atoms with van der Waals surface area (Å²) in [5, 5.41) is 0. The van der Waals surface area contributed by atoms with Gasteiger partial charge in [-0.1, -0.05) is 61.9 Å². The van der Waals surface area contributed by atoms with Crippen molar-refractivity contribution in [1.29, 1.82) is 0 Å². The van der Waals surface area contributed by atoms with Crippen molar-refractivity contribution in [2.24, 2.45) is 0 Å². The Balaban J connectivity index is 0.00000112. The molecule has 0 amide bonds. The predicted molar refractivity (Wildman–Crippen MR) is 128 cm³/mol. The number of aryl methyl sites for hydroxylation is 1. The highest BCUT2D eigenvalue weighted by Crippen LogP contribution is 2.31. The smallest absolute Gasteiger partial charge is 0.165 e. The van der Waals surface area contributed by atoms with Gasteiger partial charge < -0.3 is 5.73 Å². The molecule has 0 bridgehead atoms. The molecule has 3 aromatic heterocycles. The van der Waals surface area contributed by atoms with Gasteiger partial charge in [-0.3, -0.25) is 4.57 Å². The molecule has 0 aliphatic rings. The Bertz CT molecular complexity index is 1310. The van der Waals surface area contributed by atoms with E-state index in [1.807, 2.05) is 56.3 Å². The Labute approximate surface area is 182 Å². The van der Waals surface area contributed by atoms with Crippen LogP contribution in [0.1, 0.15) is 19.4 Å². The minimum Gasteiger partial charge on any atom is -0.383 e. The first-order valence-electron chi connectivity index (χ1n) is 10.4. The third kappa shape index (κ3) is 3.90. The van der Waals surface area contributed by atoms with Gasteiger partial charge in [0.15, 0.2) is 11.5 Å². The van der Waals surface area contributed by atoms with E-state index in [1.165, 1.54) is 5.56 Å². The molecule has 31 heavy (non-hydrogen) atoms. The number of anilines is 1. The fourth-order valence-electron chi connectivity index (χ4n) is 3.45. The normalized spacial score (nSPS) is 10.5. The van der Waals surface area contributed by atoms with Crippen LogP contribution >= 0.6 is 0 Å². The Morgan fingerprint density at radius 1 is 0.774 bits per heavy atom. The highest BCUT2D eigenvalue weighted by molar-refractivity contribution is 5.84. The van der Waals surface area contributed by atoms with Gasteiger partial charge in [0.2, 0.25) is 0 Å². The summed E-state index contributed by atoms with van der Waals surface area (Å²) < 4.78 is 2.05. The second-order valence-corrected chi connectivity index (χ2v) is 6.95. The van der Waals surface area contributed by atoms with Crippen molar-refractivity contribution in [3.8, 4) is 28.3 Å². The molecule has 5 heteroatoms. The Kier molecular flexibility index (Phi) is 5.76. The van der Waals surface area contributed by atoms with Crippen molar-refractivity contribution < 1.29 is 0 Å². The van der Waals surface area contributed by atoms with Crippen LogP contribution in [0.5, 0.6) is 0 Å². The molecule has 2 N–H and O–H groups in total. The van der Waals surface area contributed by atoms with Gasteiger partial charge in [0, 0.05) is 17.4 Å². The summed E-state index contributed by atoms with van der Waals surface area (Å²) in [7, 11) is 0. The van der Waals surface area contributed by atoms with E-state index in [9.17, 15) is 0 Å². The maximum absolute atomic E-state index is 6.18. The second-order valence-electron chi connectivity index (χ2n) is 6.95. The third-order valence-corrected chi connectivity index (χ3v) is 4.95. The van der Waals surface area contributed by atoms with E-state index in [1.54, 1.807) is 6.20 Å². The lowest BCUT2D eigenvalue weighted by atomic mass is 10.1. The zero-order valence-corrected chi connectivity index (χ0v) is 17.9. The molecule has 3 heterocycles. The van der Waals surface area contributed by atoms with Crippen LogP contribution in [0, 0.1) is 6.92 Å². The Hall–Kier alpha value is -3.99. The minimum absolute atomic E-state index is 0.444. The average Bonchev–Trinajstić information content (AvgIpc) is 3.20. The van der Waals surface area contributed by atoms with E-state index >= 15 is 0 Å². The summed E-state index contributed by atoms with van der Waals surface area (Å²) in [6.07, 6.45) is 1.68. The molecular weight excluding hydrogens is 382 g/mol. The Morgan fingerprint density at radius 3 is 2.23 bits per heavy atom. The number of pyridine rings is 2. The predicted octanol–water partition coefficient (Wildman–Crippen LogP) is 6.07. The van der Waals surface area contributed by atoms with Crippen LogP contribution in [0.4, 0.5) is 5.82 Å². The van der Waals surface area contributed by atoms with Gasteiger partial charge in [0.25, 0.3) is 0 Å². The molecule has 0 saturated carbocycles. The molecule has 0 unspecified atom stereocenters. The molecule has 5 aromatic rings. The van der Waals surface area contributed by atoms with E-state index in [4.69, 9.17) is 15.7 Å². The number of aromatic nitrogens is 4. The molecule has 0 atom stereocenters. The van der Waals surface area contributed by atoms with Crippen LogP contribution < -0.4 is 5.73 Å². The lowest BCUT2D eigenvalue weighted by Crippen LogP contribution is -2.02. The summed E-state index contributed by atoms with van der Waals surface area (Å²) in [5.74, 6) is 1.17. The largest absolute Gasteiger partial charge is 0.383 e. The van der Waals surface area contributed by atoms with Gasteiger partial charge in [0.1, 0.15) is 11.3 Å². The fourth-order valence-corrected chi connectivity index (χ4v) is 3.45. The first-order chi connectivity index (χ1) is 15.2. The first-order valence-corrected chi connectivity index (χ1v) is 10.4. The molecule has 0 aliphatic heterocycles. The topological polar surface area (TPSA) is 69.6 Å². The van der Waals surface area contributed by atoms with Crippen molar-refractivity contribution in [1.82, 2.24) is 19.5 Å². The number of benzene rings is 2. The zero-order valence-electron chi connectivity index (χ0n) is 17.9. The maximum atomic E-state index is 6.18. The summed E-state index contributed by atoms with van der Waals surface area (Å²) >= 11 is 0. The number of rotatable bonds is 3. The van der Waals surface area contributed by atoms with Crippen LogP contribution in [0.15, 0.2) is 85.1 Å². The lowest BCUT2D eigenvalue weighted by molar-refractivity contribution is 1.07. The molecule has 0 saturated heterocycles. The van der Waals surface area contributed by atoms with Gasteiger partial charge in [-0.2, -0.15) is 0 Å². The molecule has 5 nitrogen and oxygen atoms in total. The minimum atomic E-state index is 0.444. The van der Waals surface area contributed by atoms with Crippen LogP contribution in [-0.4, -0.2) is 19.5 Å². The molecule has 154 valence electrons. The molecule has 2 aromatic carbocycles. The van der Waals surface area contributed by atoms with Crippen molar-refractivity contribution in [3.63, 3.8) is 0 Å². The van der Waals surface area contributed by atoms with Crippen molar-refractivity contribution in [2.45, 2.75) is 20.8 Å². The van der Waals surface area contributed by atoms with E-state index in [2.05, 4.69) is 52.9 Å². The maximum Gasteiger partial charge on any atom is 0.165 e. The van der Waals surface area contributed by atoms with Crippen LogP contribution in [0.3, 0.4) is 0 Å². The van der Waals surface area contributed by atoms with Crippen LogP contribution in [0.2, 0.25) is 0 Å². The summed E-state index contributed by atoms with van der Waals surface area (Å²) in [5.41, 5.74) is 12.7. The number of nitrogen functional groups attached to an aromatic ring is 1. The standard InChI is InChI=1S/C24H19N5.C2H6/c1-16-9-11-18(12-10-16)29-23(19-8-5-15-26-22(19)25)28-21-14-13-20(27-24(21)29)17-6-3-2-4-7-17;1-2/h2-15H,1H3,(H2,25,26);1-2H3.